The van der Waals surface area contributed by atoms with E-state index in [9.17, 15) is 0 Å². The number of nitrogens with one attached hydrogen (secondary N) is 1. The highest BCUT2D eigenvalue weighted by atomic mass is 15.3. The number of rotatable bonds is 6. The second-order valence-electron chi connectivity index (χ2n) is 6.91. The molecule has 3 aromatic rings. The maximum absolute atomic E-state index is 4.80. The van der Waals surface area contributed by atoms with Crippen LogP contribution in [-0.2, 0) is 13.5 Å². The lowest BCUT2D eigenvalue weighted by Crippen LogP contribution is -2.16. The van der Waals surface area contributed by atoms with Crippen LogP contribution < -0.4 is 5.32 Å². The van der Waals surface area contributed by atoms with Gasteiger partial charge in [0.1, 0.15) is 11.6 Å². The molecule has 6 heteroatoms. The zero-order chi connectivity index (χ0) is 17.4. The fourth-order valence-electron chi connectivity index (χ4n) is 3.26. The summed E-state index contributed by atoms with van der Waals surface area (Å²) in [6.45, 7) is 4.18. The third kappa shape index (κ3) is 3.21. The molecule has 1 atom stereocenters. The number of nitrogens with zero attached hydrogens (tertiary/aromatic N) is 5. The Hall–Kier alpha value is -2.50. The Morgan fingerprint density at radius 2 is 2.08 bits per heavy atom. The first-order valence-electron chi connectivity index (χ1n) is 9.04. The van der Waals surface area contributed by atoms with Gasteiger partial charge in [-0.05, 0) is 44.2 Å². The van der Waals surface area contributed by atoms with Gasteiger partial charge in [-0.3, -0.25) is 9.67 Å². The number of anilines is 1. The van der Waals surface area contributed by atoms with Crippen molar-refractivity contribution in [2.45, 2.75) is 45.6 Å². The number of hydrogen-bond acceptors (Lipinski definition) is 5. The summed E-state index contributed by atoms with van der Waals surface area (Å²) in [5, 5.41) is 9.02. The Bertz CT molecular complexity index is 896. The van der Waals surface area contributed by atoms with Crippen LogP contribution in [0.1, 0.15) is 49.4 Å². The molecule has 1 N–H and O–H groups in total. The molecular formula is C19H24N6. The van der Waals surface area contributed by atoms with E-state index < -0.39 is 0 Å². The van der Waals surface area contributed by atoms with Crippen molar-refractivity contribution in [3.05, 3.63) is 41.6 Å². The SMILES string of the molecule is CCCc1nc(N[C@H](c2cccc(C)n2)C2CC2)c2cnn(C)c2n1. The molecule has 4 rings (SSSR count). The monoisotopic (exact) mass is 336 g/mol. The van der Waals surface area contributed by atoms with Crippen LogP contribution in [-0.4, -0.2) is 24.7 Å². The largest absolute Gasteiger partial charge is 0.361 e. The molecule has 6 nitrogen and oxygen atoms in total. The molecule has 0 aliphatic heterocycles. The van der Waals surface area contributed by atoms with E-state index in [4.69, 9.17) is 9.97 Å². The fourth-order valence-corrected chi connectivity index (χ4v) is 3.26. The summed E-state index contributed by atoms with van der Waals surface area (Å²) >= 11 is 0. The average Bonchev–Trinajstić information content (AvgIpc) is 3.37. The lowest BCUT2D eigenvalue weighted by molar-refractivity contribution is 0.652. The lowest BCUT2D eigenvalue weighted by atomic mass is 10.1. The van der Waals surface area contributed by atoms with E-state index >= 15 is 0 Å². The van der Waals surface area contributed by atoms with Crippen LogP contribution in [0.25, 0.3) is 11.0 Å². The first-order chi connectivity index (χ1) is 12.2. The van der Waals surface area contributed by atoms with Crippen molar-refractivity contribution >= 4 is 16.9 Å². The molecule has 0 amide bonds. The van der Waals surface area contributed by atoms with Crippen molar-refractivity contribution in [2.75, 3.05) is 5.32 Å². The maximum atomic E-state index is 4.80. The Balaban J connectivity index is 1.75. The van der Waals surface area contributed by atoms with Crippen LogP contribution in [0.3, 0.4) is 0 Å². The number of hydrogen-bond donors (Lipinski definition) is 1. The Morgan fingerprint density at radius 1 is 1.24 bits per heavy atom. The highest BCUT2D eigenvalue weighted by Gasteiger charge is 2.34. The van der Waals surface area contributed by atoms with Gasteiger partial charge in [0.2, 0.25) is 0 Å². The van der Waals surface area contributed by atoms with Gasteiger partial charge in [-0.2, -0.15) is 5.10 Å². The van der Waals surface area contributed by atoms with Crippen molar-refractivity contribution < 1.29 is 0 Å². The normalized spacial score (nSPS) is 15.5. The number of fused-ring (bicyclic) bond motifs is 1. The van der Waals surface area contributed by atoms with Gasteiger partial charge < -0.3 is 5.32 Å². The highest BCUT2D eigenvalue weighted by molar-refractivity contribution is 5.86. The Labute approximate surface area is 147 Å². The molecule has 0 unspecified atom stereocenters. The minimum absolute atomic E-state index is 0.188. The molecule has 130 valence electrons. The molecule has 25 heavy (non-hydrogen) atoms. The second-order valence-corrected chi connectivity index (χ2v) is 6.91. The van der Waals surface area contributed by atoms with E-state index in [1.165, 1.54) is 12.8 Å². The van der Waals surface area contributed by atoms with Gasteiger partial charge in [0, 0.05) is 19.2 Å². The summed E-state index contributed by atoms with van der Waals surface area (Å²) < 4.78 is 1.82. The summed E-state index contributed by atoms with van der Waals surface area (Å²) in [5.74, 6) is 2.36. The van der Waals surface area contributed by atoms with Gasteiger partial charge in [-0.25, -0.2) is 9.97 Å². The molecule has 3 heterocycles. The number of pyridine rings is 1. The molecule has 1 saturated carbocycles. The van der Waals surface area contributed by atoms with Crippen LogP contribution in [0.5, 0.6) is 0 Å². The number of aromatic nitrogens is 5. The van der Waals surface area contributed by atoms with Crippen LogP contribution in [0.15, 0.2) is 24.4 Å². The third-order valence-corrected chi connectivity index (χ3v) is 4.73. The second kappa shape index (κ2) is 6.43. The number of aryl methyl sites for hydroxylation is 3. The molecule has 0 spiro atoms. The van der Waals surface area contributed by atoms with Gasteiger partial charge in [-0.15, -0.1) is 0 Å². The summed E-state index contributed by atoms with van der Waals surface area (Å²) in [6, 6.07) is 6.42. The van der Waals surface area contributed by atoms with Crippen molar-refractivity contribution in [1.82, 2.24) is 24.7 Å². The van der Waals surface area contributed by atoms with E-state index in [1.54, 1.807) is 0 Å². The van der Waals surface area contributed by atoms with Gasteiger partial charge in [0.25, 0.3) is 0 Å². The average molecular weight is 336 g/mol. The topological polar surface area (TPSA) is 68.5 Å². The first-order valence-corrected chi connectivity index (χ1v) is 9.04. The molecule has 0 aromatic carbocycles. The zero-order valence-electron chi connectivity index (χ0n) is 15.0. The lowest BCUT2D eigenvalue weighted by Gasteiger charge is -2.19. The minimum Gasteiger partial charge on any atom is -0.361 e. The predicted octanol–water partition coefficient (Wildman–Crippen LogP) is 3.58. The molecular weight excluding hydrogens is 312 g/mol. The molecule has 0 saturated heterocycles. The van der Waals surface area contributed by atoms with Crippen LogP contribution in [0.2, 0.25) is 0 Å². The summed E-state index contributed by atoms with van der Waals surface area (Å²) in [5.41, 5.74) is 3.02. The van der Waals surface area contributed by atoms with Crippen LogP contribution >= 0.6 is 0 Å². The third-order valence-electron chi connectivity index (χ3n) is 4.73. The molecule has 0 bridgehead atoms. The van der Waals surface area contributed by atoms with E-state index in [1.807, 2.05) is 30.9 Å². The smallest absolute Gasteiger partial charge is 0.163 e. The van der Waals surface area contributed by atoms with Gasteiger partial charge >= 0.3 is 0 Å². The summed E-state index contributed by atoms with van der Waals surface area (Å²) in [4.78, 5) is 14.2. The van der Waals surface area contributed by atoms with Gasteiger partial charge in [0.05, 0.1) is 23.3 Å². The van der Waals surface area contributed by atoms with Crippen molar-refractivity contribution in [3.63, 3.8) is 0 Å². The maximum Gasteiger partial charge on any atom is 0.163 e. The van der Waals surface area contributed by atoms with E-state index in [0.717, 1.165) is 46.9 Å². The summed E-state index contributed by atoms with van der Waals surface area (Å²) in [6.07, 6.45) is 6.20. The minimum atomic E-state index is 0.188. The molecule has 0 radical (unpaired) electrons. The van der Waals surface area contributed by atoms with Crippen LogP contribution in [0.4, 0.5) is 5.82 Å². The molecule has 1 fully saturated rings. The first kappa shape index (κ1) is 16.0. The van der Waals surface area contributed by atoms with E-state index in [-0.39, 0.29) is 6.04 Å². The van der Waals surface area contributed by atoms with Crippen molar-refractivity contribution in [3.8, 4) is 0 Å². The van der Waals surface area contributed by atoms with E-state index in [0.29, 0.717) is 5.92 Å². The van der Waals surface area contributed by atoms with Crippen LogP contribution in [0, 0.1) is 12.8 Å². The molecule has 1 aliphatic rings. The van der Waals surface area contributed by atoms with Crippen molar-refractivity contribution in [1.29, 1.82) is 0 Å². The zero-order valence-corrected chi connectivity index (χ0v) is 15.0. The summed E-state index contributed by atoms with van der Waals surface area (Å²) in [7, 11) is 1.93. The molecule has 3 aromatic heterocycles. The predicted molar refractivity (Wildman–Crippen MR) is 98.4 cm³/mol. The molecule has 1 aliphatic carbocycles. The Morgan fingerprint density at radius 3 is 2.80 bits per heavy atom. The Kier molecular flexibility index (Phi) is 4.11. The quantitative estimate of drug-likeness (QED) is 0.745. The van der Waals surface area contributed by atoms with Crippen molar-refractivity contribution in [2.24, 2.45) is 13.0 Å². The van der Waals surface area contributed by atoms with E-state index in [2.05, 4.69) is 34.5 Å². The highest BCUT2D eigenvalue weighted by Crippen LogP contribution is 2.42. The van der Waals surface area contributed by atoms with Gasteiger partial charge in [0.15, 0.2) is 5.65 Å². The standard InChI is InChI=1S/C19H24N6/c1-4-6-16-22-18(14-11-20-25(3)19(14)23-16)24-17(13-9-10-13)15-8-5-7-12(2)21-15/h5,7-8,11,13,17H,4,6,9-10H2,1-3H3,(H,22,23,24)/t17-/m0/s1. The van der Waals surface area contributed by atoms with Gasteiger partial charge in [-0.1, -0.05) is 13.0 Å². The fraction of sp³-hybridized carbons (Fsp3) is 0.474.